The van der Waals surface area contributed by atoms with E-state index in [9.17, 15) is 0 Å². The Labute approximate surface area is 308 Å². The standard InChI is InChI=1S/C49H28OS2/c1-4-14-38-33(10-1)34-11-2-5-15-39(34)49(38)40-16-6-7-17-42(40)50-43-26-29(22-25-41(43)49)30-20-23-35-36-24-21-31(28-47(36)52-46(35)27-30)32-13-9-19-45-48(32)37-12-3-8-18-44(37)51-45/h1-28H. The fourth-order valence-corrected chi connectivity index (χ4v) is 11.5. The second kappa shape index (κ2) is 10.5. The van der Waals surface area contributed by atoms with Gasteiger partial charge >= 0.3 is 0 Å². The summed E-state index contributed by atoms with van der Waals surface area (Å²) < 4.78 is 12.1. The summed E-state index contributed by atoms with van der Waals surface area (Å²) in [7, 11) is 0. The van der Waals surface area contributed by atoms with Crippen molar-refractivity contribution in [3.8, 4) is 44.9 Å². The highest BCUT2D eigenvalue weighted by Crippen LogP contribution is 2.62. The van der Waals surface area contributed by atoms with Gasteiger partial charge in [0.25, 0.3) is 0 Å². The molecule has 8 aromatic carbocycles. The summed E-state index contributed by atoms with van der Waals surface area (Å²) in [5, 5.41) is 5.30. The molecule has 0 atom stereocenters. The highest BCUT2D eigenvalue weighted by molar-refractivity contribution is 7.26. The number of thiophene rings is 2. The van der Waals surface area contributed by atoms with Crippen LogP contribution in [0.5, 0.6) is 11.5 Å². The molecule has 3 heterocycles. The van der Waals surface area contributed by atoms with Crippen LogP contribution in [-0.4, -0.2) is 0 Å². The fraction of sp³-hybridized carbons (Fsp3) is 0.0204. The molecule has 12 rings (SSSR count). The molecule has 2 aromatic heterocycles. The minimum atomic E-state index is -0.442. The van der Waals surface area contributed by atoms with E-state index in [1.807, 2.05) is 22.7 Å². The van der Waals surface area contributed by atoms with Crippen LogP contribution in [0.25, 0.3) is 73.7 Å². The molecule has 242 valence electrons. The van der Waals surface area contributed by atoms with Crippen LogP contribution in [0.2, 0.25) is 0 Å². The number of benzene rings is 8. The highest BCUT2D eigenvalue weighted by atomic mass is 32.1. The SMILES string of the molecule is c1ccc2c(c1)Oc1cc(-c3ccc4c(c3)sc3cc(-c5cccc6sc7ccccc7c56)ccc34)ccc1C21c2ccccc2-c2ccccc21. The first-order valence-electron chi connectivity index (χ1n) is 17.7. The maximum Gasteiger partial charge on any atom is 0.132 e. The highest BCUT2D eigenvalue weighted by Gasteiger charge is 2.50. The Hall–Kier alpha value is -6.00. The van der Waals surface area contributed by atoms with Crippen molar-refractivity contribution in [1.82, 2.24) is 0 Å². The van der Waals surface area contributed by atoms with Crippen molar-refractivity contribution in [1.29, 1.82) is 0 Å². The van der Waals surface area contributed by atoms with Crippen LogP contribution >= 0.6 is 22.7 Å². The first kappa shape index (κ1) is 28.7. The normalized spacial score (nSPS) is 13.7. The van der Waals surface area contributed by atoms with Crippen molar-refractivity contribution in [3.63, 3.8) is 0 Å². The number of ether oxygens (including phenoxy) is 1. The van der Waals surface area contributed by atoms with Crippen molar-refractivity contribution in [3.05, 3.63) is 192 Å². The molecular weight excluding hydrogens is 669 g/mol. The largest absolute Gasteiger partial charge is 0.457 e. The molecular formula is C49H28OS2. The molecule has 0 amide bonds. The zero-order valence-electron chi connectivity index (χ0n) is 27.9. The summed E-state index contributed by atoms with van der Waals surface area (Å²) >= 11 is 3.76. The minimum Gasteiger partial charge on any atom is -0.457 e. The van der Waals surface area contributed by atoms with E-state index in [2.05, 4.69) is 170 Å². The molecule has 1 spiro atoms. The van der Waals surface area contributed by atoms with Crippen molar-refractivity contribution >= 4 is 63.0 Å². The van der Waals surface area contributed by atoms with E-state index < -0.39 is 5.41 Å². The summed E-state index contributed by atoms with van der Waals surface area (Å²) in [4.78, 5) is 0. The van der Waals surface area contributed by atoms with E-state index in [-0.39, 0.29) is 0 Å². The van der Waals surface area contributed by atoms with E-state index in [0.29, 0.717) is 0 Å². The predicted octanol–water partition coefficient (Wildman–Crippen LogP) is 14.2. The van der Waals surface area contributed by atoms with Crippen LogP contribution in [0.4, 0.5) is 0 Å². The van der Waals surface area contributed by atoms with Crippen LogP contribution in [0.15, 0.2) is 170 Å². The predicted molar refractivity (Wildman–Crippen MR) is 220 cm³/mol. The fourth-order valence-electron chi connectivity index (χ4n) is 9.18. The maximum atomic E-state index is 6.80. The summed E-state index contributed by atoms with van der Waals surface area (Å²) in [6.45, 7) is 0. The maximum absolute atomic E-state index is 6.80. The number of para-hydroxylation sites is 1. The zero-order valence-corrected chi connectivity index (χ0v) is 29.5. The topological polar surface area (TPSA) is 9.23 Å². The molecule has 0 bridgehead atoms. The second-order valence-corrected chi connectivity index (χ2v) is 16.1. The van der Waals surface area contributed by atoms with E-state index in [1.165, 1.54) is 90.4 Å². The lowest BCUT2D eigenvalue weighted by molar-refractivity contribution is 0.436. The van der Waals surface area contributed by atoms with Crippen molar-refractivity contribution < 1.29 is 4.74 Å². The van der Waals surface area contributed by atoms with Gasteiger partial charge in [-0.2, -0.15) is 0 Å². The van der Waals surface area contributed by atoms with E-state index in [4.69, 9.17) is 4.74 Å². The smallest absolute Gasteiger partial charge is 0.132 e. The van der Waals surface area contributed by atoms with Crippen molar-refractivity contribution in [2.75, 3.05) is 0 Å². The average molecular weight is 697 g/mol. The summed E-state index contributed by atoms with van der Waals surface area (Å²) in [6, 6.07) is 62.7. The van der Waals surface area contributed by atoms with E-state index in [0.717, 1.165) is 17.1 Å². The molecule has 3 heteroatoms. The molecule has 0 radical (unpaired) electrons. The molecule has 0 saturated heterocycles. The Balaban J connectivity index is 0.997. The number of rotatable bonds is 2. The lowest BCUT2D eigenvalue weighted by Crippen LogP contribution is -2.32. The molecule has 1 aliphatic carbocycles. The lowest BCUT2D eigenvalue weighted by atomic mass is 9.66. The number of hydrogen-bond donors (Lipinski definition) is 0. The quantitative estimate of drug-likeness (QED) is 0.175. The van der Waals surface area contributed by atoms with Gasteiger partial charge < -0.3 is 4.74 Å². The van der Waals surface area contributed by atoms with Gasteiger partial charge in [-0.05, 0) is 80.9 Å². The van der Waals surface area contributed by atoms with Crippen LogP contribution in [0, 0.1) is 0 Å². The van der Waals surface area contributed by atoms with Gasteiger partial charge in [0.1, 0.15) is 11.5 Å². The average Bonchev–Trinajstić information content (AvgIpc) is 3.86. The number of hydrogen-bond acceptors (Lipinski definition) is 3. The molecule has 0 saturated carbocycles. The Morgan fingerprint density at radius 3 is 1.71 bits per heavy atom. The van der Waals surface area contributed by atoms with Gasteiger partial charge in [-0.1, -0.05) is 133 Å². The lowest BCUT2D eigenvalue weighted by Gasteiger charge is -2.39. The van der Waals surface area contributed by atoms with Crippen LogP contribution in [0.3, 0.4) is 0 Å². The third kappa shape index (κ3) is 3.76. The molecule has 0 fully saturated rings. The third-order valence-electron chi connectivity index (χ3n) is 11.4. The molecule has 52 heavy (non-hydrogen) atoms. The third-order valence-corrected chi connectivity index (χ3v) is 13.6. The molecule has 0 N–H and O–H groups in total. The Morgan fingerprint density at radius 2 is 0.904 bits per heavy atom. The Bertz CT molecular complexity index is 3080. The van der Waals surface area contributed by atoms with Crippen LogP contribution in [-0.2, 0) is 5.41 Å². The number of fused-ring (bicyclic) bond motifs is 15. The van der Waals surface area contributed by atoms with E-state index in [1.54, 1.807) is 0 Å². The Kier molecular flexibility index (Phi) is 5.80. The molecule has 1 aliphatic heterocycles. The van der Waals surface area contributed by atoms with Gasteiger partial charge in [-0.25, -0.2) is 0 Å². The van der Waals surface area contributed by atoms with Gasteiger partial charge in [0.2, 0.25) is 0 Å². The second-order valence-electron chi connectivity index (χ2n) is 14.0. The zero-order chi connectivity index (χ0) is 34.0. The molecule has 10 aromatic rings. The molecule has 2 aliphatic rings. The van der Waals surface area contributed by atoms with Crippen LogP contribution < -0.4 is 4.74 Å². The minimum absolute atomic E-state index is 0.442. The van der Waals surface area contributed by atoms with Crippen molar-refractivity contribution in [2.24, 2.45) is 0 Å². The summed E-state index contributed by atoms with van der Waals surface area (Å²) in [5.41, 5.74) is 12.1. The van der Waals surface area contributed by atoms with Crippen LogP contribution in [0.1, 0.15) is 22.3 Å². The molecule has 0 unspecified atom stereocenters. The molecule has 1 nitrogen and oxygen atoms in total. The van der Waals surface area contributed by atoms with Gasteiger partial charge in [0.15, 0.2) is 0 Å². The van der Waals surface area contributed by atoms with Gasteiger partial charge in [0.05, 0.1) is 5.41 Å². The first-order chi connectivity index (χ1) is 25.8. The van der Waals surface area contributed by atoms with Crippen molar-refractivity contribution in [2.45, 2.75) is 5.41 Å². The van der Waals surface area contributed by atoms with Gasteiger partial charge in [-0.15, -0.1) is 22.7 Å². The van der Waals surface area contributed by atoms with Gasteiger partial charge in [0, 0.05) is 51.5 Å². The first-order valence-corrected chi connectivity index (χ1v) is 19.4. The monoisotopic (exact) mass is 696 g/mol. The summed E-state index contributed by atoms with van der Waals surface area (Å²) in [6.07, 6.45) is 0. The van der Waals surface area contributed by atoms with Gasteiger partial charge in [-0.3, -0.25) is 0 Å². The summed E-state index contributed by atoms with van der Waals surface area (Å²) in [5.74, 6) is 1.83. The Morgan fingerprint density at radius 1 is 0.346 bits per heavy atom. The van der Waals surface area contributed by atoms with E-state index >= 15 is 0 Å².